The first-order valence-corrected chi connectivity index (χ1v) is 10.0. The van der Waals surface area contributed by atoms with Crippen molar-refractivity contribution < 1.29 is 19.1 Å². The number of nitrogens with one attached hydrogen (secondary N) is 1. The molecule has 0 atom stereocenters. The van der Waals surface area contributed by atoms with Gasteiger partial charge in [0.25, 0.3) is 5.91 Å². The summed E-state index contributed by atoms with van der Waals surface area (Å²) in [5, 5.41) is 5.98. The Morgan fingerprint density at radius 3 is 2.63 bits per heavy atom. The molecule has 1 heterocycles. The van der Waals surface area contributed by atoms with E-state index in [0.29, 0.717) is 36.0 Å². The van der Waals surface area contributed by atoms with Crippen LogP contribution < -0.4 is 10.1 Å². The third kappa shape index (κ3) is 7.97. The van der Waals surface area contributed by atoms with Gasteiger partial charge in [-0.15, -0.1) is 11.3 Å². The van der Waals surface area contributed by atoms with Crippen molar-refractivity contribution in [2.24, 2.45) is 0 Å². The highest BCUT2D eigenvalue weighted by molar-refractivity contribution is 7.09. The molecule has 0 saturated carbocycles. The molecule has 1 aromatic carbocycles. The molecule has 1 amide bonds. The Bertz CT molecular complexity index is 734. The number of amides is 1. The fourth-order valence-electron chi connectivity index (χ4n) is 2.30. The molecule has 0 saturated heterocycles. The molecule has 1 N–H and O–H groups in total. The average molecular weight is 411 g/mol. The Morgan fingerprint density at radius 2 is 1.89 bits per heavy atom. The number of rotatable bonds is 11. The highest BCUT2D eigenvalue weighted by Crippen LogP contribution is 2.18. The predicted molar refractivity (Wildman–Crippen MR) is 105 cm³/mol. The van der Waals surface area contributed by atoms with Gasteiger partial charge in [-0.25, -0.2) is 4.98 Å². The quantitative estimate of drug-likeness (QED) is 0.443. The monoisotopic (exact) mass is 410 g/mol. The maximum Gasteiger partial charge on any atom is 0.305 e. The van der Waals surface area contributed by atoms with Crippen molar-refractivity contribution in [3.8, 4) is 5.75 Å². The van der Waals surface area contributed by atoms with Crippen LogP contribution in [0.5, 0.6) is 5.75 Å². The van der Waals surface area contributed by atoms with Crippen LogP contribution in [0, 0.1) is 0 Å². The van der Waals surface area contributed by atoms with E-state index in [1.807, 2.05) is 0 Å². The number of methoxy groups -OCH3 is 1. The number of carbonyl (C=O) groups excluding carboxylic acids is 2. The third-order valence-electron chi connectivity index (χ3n) is 3.78. The van der Waals surface area contributed by atoms with Crippen LogP contribution in [-0.2, 0) is 16.1 Å². The van der Waals surface area contributed by atoms with Crippen molar-refractivity contribution in [1.29, 1.82) is 0 Å². The van der Waals surface area contributed by atoms with Crippen LogP contribution in [0.25, 0.3) is 0 Å². The standard InChI is InChI=1S/C19H23ClN2O4S/c1-25-18(23)6-4-2-3-5-11-21-19(24)16-13-27-17(22-16)12-26-15-9-7-14(20)8-10-15/h7-10,13H,2-6,11-12H2,1H3,(H,21,24). The van der Waals surface area contributed by atoms with Gasteiger partial charge in [-0.3, -0.25) is 9.59 Å². The number of thiazole rings is 1. The molecule has 0 aliphatic heterocycles. The summed E-state index contributed by atoms with van der Waals surface area (Å²) in [6.07, 6.45) is 4.01. The normalized spacial score (nSPS) is 10.4. The van der Waals surface area contributed by atoms with Gasteiger partial charge in [0.15, 0.2) is 0 Å². The van der Waals surface area contributed by atoms with Gasteiger partial charge in [-0.2, -0.15) is 0 Å². The number of nitrogens with zero attached hydrogens (tertiary/aromatic N) is 1. The smallest absolute Gasteiger partial charge is 0.305 e. The Hall–Kier alpha value is -2.12. The molecule has 0 fully saturated rings. The Labute approximate surface area is 167 Å². The lowest BCUT2D eigenvalue weighted by molar-refractivity contribution is -0.140. The fourth-order valence-corrected chi connectivity index (χ4v) is 3.11. The lowest BCUT2D eigenvalue weighted by Crippen LogP contribution is -2.24. The van der Waals surface area contributed by atoms with Crippen LogP contribution in [0.4, 0.5) is 0 Å². The van der Waals surface area contributed by atoms with E-state index < -0.39 is 0 Å². The molecule has 8 heteroatoms. The molecule has 0 aliphatic carbocycles. The topological polar surface area (TPSA) is 77.5 Å². The molecule has 2 rings (SSSR count). The van der Waals surface area contributed by atoms with E-state index >= 15 is 0 Å². The predicted octanol–water partition coefficient (Wildman–Crippen LogP) is 4.23. The lowest BCUT2D eigenvalue weighted by Gasteiger charge is -2.04. The number of halogens is 1. The van der Waals surface area contributed by atoms with Crippen LogP contribution in [0.2, 0.25) is 5.02 Å². The second-order valence-electron chi connectivity index (χ2n) is 5.87. The summed E-state index contributed by atoms with van der Waals surface area (Å²) >= 11 is 7.22. The SMILES string of the molecule is COC(=O)CCCCCCNC(=O)c1csc(COc2ccc(Cl)cc2)n1. The summed E-state index contributed by atoms with van der Waals surface area (Å²) < 4.78 is 10.2. The van der Waals surface area contributed by atoms with Crippen LogP contribution in [0.15, 0.2) is 29.6 Å². The summed E-state index contributed by atoms with van der Waals surface area (Å²) in [6.45, 7) is 0.894. The average Bonchev–Trinajstić information content (AvgIpc) is 3.15. The van der Waals surface area contributed by atoms with Gasteiger partial charge in [0, 0.05) is 23.4 Å². The molecule has 2 aromatic rings. The minimum Gasteiger partial charge on any atom is -0.486 e. The number of hydrogen-bond donors (Lipinski definition) is 1. The molecule has 6 nitrogen and oxygen atoms in total. The third-order valence-corrected chi connectivity index (χ3v) is 4.86. The van der Waals surface area contributed by atoms with Crippen LogP contribution in [0.1, 0.15) is 47.6 Å². The molecular formula is C19H23ClN2O4S. The van der Waals surface area contributed by atoms with Gasteiger partial charge in [0.05, 0.1) is 7.11 Å². The fraction of sp³-hybridized carbons (Fsp3) is 0.421. The number of unbranched alkanes of at least 4 members (excludes halogenated alkanes) is 3. The van der Waals surface area contributed by atoms with E-state index in [-0.39, 0.29) is 11.9 Å². The van der Waals surface area contributed by atoms with Crippen molar-refractivity contribution in [3.05, 3.63) is 45.4 Å². The van der Waals surface area contributed by atoms with Crippen LogP contribution in [0.3, 0.4) is 0 Å². The summed E-state index contributed by atoms with van der Waals surface area (Å²) in [4.78, 5) is 27.4. The number of hydrogen-bond acceptors (Lipinski definition) is 6. The Morgan fingerprint density at radius 1 is 1.15 bits per heavy atom. The second-order valence-corrected chi connectivity index (χ2v) is 7.24. The Balaban J connectivity index is 1.62. The molecular weight excluding hydrogens is 388 g/mol. The number of carbonyl (C=O) groups is 2. The maximum absolute atomic E-state index is 12.1. The molecule has 0 unspecified atom stereocenters. The second kappa shape index (κ2) is 11.6. The van der Waals surface area contributed by atoms with Gasteiger partial charge in [-0.1, -0.05) is 24.4 Å². The molecule has 27 heavy (non-hydrogen) atoms. The zero-order valence-corrected chi connectivity index (χ0v) is 16.8. The van der Waals surface area contributed by atoms with E-state index in [4.69, 9.17) is 16.3 Å². The first-order valence-electron chi connectivity index (χ1n) is 8.76. The lowest BCUT2D eigenvalue weighted by atomic mass is 10.1. The van der Waals surface area contributed by atoms with E-state index in [1.54, 1.807) is 29.6 Å². The minimum absolute atomic E-state index is 0.178. The summed E-state index contributed by atoms with van der Waals surface area (Å²) in [5.41, 5.74) is 0.403. The largest absolute Gasteiger partial charge is 0.486 e. The first kappa shape index (κ1) is 21.2. The van der Waals surface area contributed by atoms with E-state index in [9.17, 15) is 9.59 Å². The molecule has 146 valence electrons. The van der Waals surface area contributed by atoms with Gasteiger partial charge in [-0.05, 0) is 37.1 Å². The zero-order chi connectivity index (χ0) is 19.5. The summed E-state index contributed by atoms with van der Waals surface area (Å²) in [7, 11) is 1.39. The number of ether oxygens (including phenoxy) is 2. The molecule has 0 bridgehead atoms. The Kier molecular flexibility index (Phi) is 9.07. The van der Waals surface area contributed by atoms with Gasteiger partial charge in [0.1, 0.15) is 23.1 Å². The molecule has 0 aliphatic rings. The summed E-state index contributed by atoms with van der Waals surface area (Å²) in [5.74, 6) is 0.342. The molecule has 0 radical (unpaired) electrons. The van der Waals surface area contributed by atoms with E-state index in [2.05, 4.69) is 15.0 Å². The molecule has 0 spiro atoms. The van der Waals surface area contributed by atoms with Crippen LogP contribution >= 0.6 is 22.9 Å². The number of esters is 1. The zero-order valence-electron chi connectivity index (χ0n) is 15.2. The van der Waals surface area contributed by atoms with Crippen molar-refractivity contribution in [2.45, 2.75) is 38.7 Å². The highest BCUT2D eigenvalue weighted by atomic mass is 35.5. The maximum atomic E-state index is 12.1. The first-order chi connectivity index (χ1) is 13.1. The van der Waals surface area contributed by atoms with E-state index in [1.165, 1.54) is 18.4 Å². The number of aromatic nitrogens is 1. The van der Waals surface area contributed by atoms with Crippen molar-refractivity contribution in [2.75, 3.05) is 13.7 Å². The van der Waals surface area contributed by atoms with Crippen LogP contribution in [-0.4, -0.2) is 30.5 Å². The van der Waals surface area contributed by atoms with Crippen molar-refractivity contribution in [3.63, 3.8) is 0 Å². The van der Waals surface area contributed by atoms with E-state index in [0.717, 1.165) is 30.7 Å². The van der Waals surface area contributed by atoms with Gasteiger partial charge in [0.2, 0.25) is 0 Å². The van der Waals surface area contributed by atoms with Gasteiger partial charge < -0.3 is 14.8 Å². The summed E-state index contributed by atoms with van der Waals surface area (Å²) in [6, 6.07) is 7.09. The van der Waals surface area contributed by atoms with Crippen molar-refractivity contribution >= 4 is 34.8 Å². The molecule has 1 aromatic heterocycles. The minimum atomic E-state index is -0.182. The highest BCUT2D eigenvalue weighted by Gasteiger charge is 2.10. The van der Waals surface area contributed by atoms with Crippen molar-refractivity contribution in [1.82, 2.24) is 10.3 Å². The van der Waals surface area contributed by atoms with Gasteiger partial charge >= 0.3 is 5.97 Å². The number of benzene rings is 1.